The average Bonchev–Trinajstić information content (AvgIpc) is 2.98. The van der Waals surface area contributed by atoms with E-state index in [0.29, 0.717) is 19.1 Å². The van der Waals surface area contributed by atoms with Crippen LogP contribution < -0.4 is 4.72 Å². The van der Waals surface area contributed by atoms with E-state index >= 15 is 0 Å². The van der Waals surface area contributed by atoms with Crippen LogP contribution >= 0.6 is 0 Å². The number of carboxylic acids is 1. The molecule has 0 unspecified atom stereocenters. The van der Waals surface area contributed by atoms with Crippen molar-refractivity contribution in [2.45, 2.75) is 31.7 Å². The second-order valence-electron chi connectivity index (χ2n) is 4.42. The molecule has 0 bridgehead atoms. The largest absolute Gasteiger partial charge is 0.481 e. The Balaban J connectivity index is 2.12. The van der Waals surface area contributed by atoms with Crippen molar-refractivity contribution in [3.05, 3.63) is 0 Å². The summed E-state index contributed by atoms with van der Waals surface area (Å²) in [5.41, 5.74) is 0. The van der Waals surface area contributed by atoms with Crippen LogP contribution in [-0.4, -0.2) is 56.3 Å². The van der Waals surface area contributed by atoms with E-state index in [1.54, 1.807) is 0 Å². The third kappa shape index (κ3) is 6.60. The van der Waals surface area contributed by atoms with Crippen molar-refractivity contribution in [3.8, 4) is 0 Å². The molecule has 6 nitrogen and oxygen atoms in total. The summed E-state index contributed by atoms with van der Waals surface area (Å²) >= 11 is 0. The lowest BCUT2D eigenvalue weighted by molar-refractivity contribution is -0.137. The lowest BCUT2D eigenvalue weighted by Gasteiger charge is -2.15. The zero-order valence-electron chi connectivity index (χ0n) is 10.1. The highest BCUT2D eigenvalue weighted by molar-refractivity contribution is 7.89. The average molecular weight is 264 g/mol. The molecule has 1 aliphatic rings. The zero-order chi connectivity index (χ0) is 12.9. The first-order chi connectivity index (χ1) is 7.91. The van der Waals surface area contributed by atoms with Crippen LogP contribution in [0, 0.1) is 0 Å². The monoisotopic (exact) mass is 264 g/mol. The third-order valence-corrected chi connectivity index (χ3v) is 4.23. The van der Waals surface area contributed by atoms with E-state index in [0.717, 1.165) is 0 Å². The molecule has 2 N–H and O–H groups in total. The number of hydrogen-bond acceptors (Lipinski definition) is 4. The van der Waals surface area contributed by atoms with E-state index in [9.17, 15) is 13.2 Å². The number of carbonyl (C=O) groups is 1. The summed E-state index contributed by atoms with van der Waals surface area (Å²) in [6, 6.07) is 0.617. The first kappa shape index (κ1) is 14.4. The highest BCUT2D eigenvalue weighted by Gasteiger charge is 2.25. The summed E-state index contributed by atoms with van der Waals surface area (Å²) < 4.78 is 25.4. The number of nitrogens with one attached hydrogen (secondary N) is 1. The second kappa shape index (κ2) is 6.32. The van der Waals surface area contributed by atoms with Gasteiger partial charge in [-0.1, -0.05) is 0 Å². The minimum atomic E-state index is -3.32. The molecule has 0 aliphatic heterocycles. The van der Waals surface area contributed by atoms with Gasteiger partial charge in [-0.25, -0.2) is 13.1 Å². The Labute approximate surface area is 102 Å². The third-order valence-electron chi connectivity index (χ3n) is 2.76. The second-order valence-corrected chi connectivity index (χ2v) is 6.35. The van der Waals surface area contributed by atoms with Crippen molar-refractivity contribution >= 4 is 16.0 Å². The number of nitrogens with zero attached hydrogens (tertiary/aromatic N) is 1. The zero-order valence-corrected chi connectivity index (χ0v) is 10.9. The maximum atomic E-state index is 11.5. The summed E-state index contributed by atoms with van der Waals surface area (Å²) in [6.07, 6.45) is 2.44. The van der Waals surface area contributed by atoms with Crippen LogP contribution in [0.1, 0.15) is 25.7 Å². The van der Waals surface area contributed by atoms with Gasteiger partial charge in [0, 0.05) is 25.6 Å². The van der Waals surface area contributed by atoms with Gasteiger partial charge in [-0.2, -0.15) is 0 Å². The molecule has 0 amide bonds. The van der Waals surface area contributed by atoms with E-state index in [2.05, 4.69) is 9.62 Å². The highest BCUT2D eigenvalue weighted by atomic mass is 32.2. The molecule has 0 aromatic rings. The molecule has 0 atom stereocenters. The van der Waals surface area contributed by atoms with Crippen molar-refractivity contribution < 1.29 is 18.3 Å². The van der Waals surface area contributed by atoms with Gasteiger partial charge in [0.15, 0.2) is 0 Å². The normalized spacial score (nSPS) is 16.4. The van der Waals surface area contributed by atoms with Crippen molar-refractivity contribution in [2.24, 2.45) is 0 Å². The van der Waals surface area contributed by atoms with Gasteiger partial charge < -0.3 is 10.0 Å². The lowest BCUT2D eigenvalue weighted by Crippen LogP contribution is -2.35. The molecule has 1 aliphatic carbocycles. The van der Waals surface area contributed by atoms with Gasteiger partial charge >= 0.3 is 5.97 Å². The Morgan fingerprint density at radius 2 is 2.12 bits per heavy atom. The van der Waals surface area contributed by atoms with Gasteiger partial charge in [0.25, 0.3) is 0 Å². The van der Waals surface area contributed by atoms with Gasteiger partial charge in [-0.15, -0.1) is 0 Å². The van der Waals surface area contributed by atoms with Crippen LogP contribution in [0.25, 0.3) is 0 Å². The maximum Gasteiger partial charge on any atom is 0.303 e. The molecule has 1 saturated carbocycles. The molecule has 0 aromatic heterocycles. The summed E-state index contributed by atoms with van der Waals surface area (Å²) in [5, 5.41) is 8.41. The van der Waals surface area contributed by atoms with Crippen LogP contribution in [-0.2, 0) is 14.8 Å². The maximum absolute atomic E-state index is 11.5. The Morgan fingerprint density at radius 1 is 1.47 bits per heavy atom. The van der Waals surface area contributed by atoms with Gasteiger partial charge in [0.1, 0.15) is 0 Å². The van der Waals surface area contributed by atoms with Gasteiger partial charge in [-0.3, -0.25) is 4.79 Å². The SMILES string of the molecule is CN(CCNS(=O)(=O)CCCC(=O)O)C1CC1. The lowest BCUT2D eigenvalue weighted by atomic mass is 10.3. The van der Waals surface area contributed by atoms with Crippen molar-refractivity contribution in [3.63, 3.8) is 0 Å². The van der Waals surface area contributed by atoms with Crippen LogP contribution in [0.5, 0.6) is 0 Å². The summed E-state index contributed by atoms with van der Waals surface area (Å²) in [7, 11) is -1.34. The number of rotatable bonds is 9. The van der Waals surface area contributed by atoms with Crippen molar-refractivity contribution in [2.75, 3.05) is 25.9 Å². The van der Waals surface area contributed by atoms with Crippen LogP contribution in [0.3, 0.4) is 0 Å². The Bertz CT molecular complexity index is 351. The molecule has 17 heavy (non-hydrogen) atoms. The van der Waals surface area contributed by atoms with Crippen molar-refractivity contribution in [1.82, 2.24) is 9.62 Å². The van der Waals surface area contributed by atoms with Crippen LogP contribution in [0.2, 0.25) is 0 Å². The summed E-state index contributed by atoms with van der Waals surface area (Å²) in [5.74, 6) is -1.08. The quantitative estimate of drug-likeness (QED) is 0.605. The number of likely N-dealkylation sites (N-methyl/N-ethyl adjacent to an activating group) is 1. The summed E-state index contributed by atoms with van der Waals surface area (Å²) in [6.45, 7) is 1.09. The first-order valence-corrected chi connectivity index (χ1v) is 7.45. The van der Waals surface area contributed by atoms with Gasteiger partial charge in [0.05, 0.1) is 5.75 Å². The molecule has 100 valence electrons. The molecule has 0 heterocycles. The molecule has 7 heteroatoms. The van der Waals surface area contributed by atoms with E-state index in [1.165, 1.54) is 12.8 Å². The fourth-order valence-corrected chi connectivity index (χ4v) is 2.63. The first-order valence-electron chi connectivity index (χ1n) is 5.80. The van der Waals surface area contributed by atoms with Crippen molar-refractivity contribution in [1.29, 1.82) is 0 Å². The molecule has 0 saturated heterocycles. The van der Waals surface area contributed by atoms with E-state index in [1.807, 2.05) is 7.05 Å². The van der Waals surface area contributed by atoms with Gasteiger partial charge in [0.2, 0.25) is 10.0 Å². The Hall–Kier alpha value is -0.660. The molecular weight excluding hydrogens is 244 g/mol. The molecule has 1 fully saturated rings. The Kier molecular flexibility index (Phi) is 5.35. The molecule has 1 rings (SSSR count). The van der Waals surface area contributed by atoms with Crippen LogP contribution in [0.4, 0.5) is 0 Å². The van der Waals surface area contributed by atoms with E-state index in [4.69, 9.17) is 5.11 Å². The fraction of sp³-hybridized carbons (Fsp3) is 0.900. The van der Waals surface area contributed by atoms with E-state index in [-0.39, 0.29) is 18.6 Å². The molecule has 0 radical (unpaired) electrons. The molecular formula is C10H20N2O4S. The number of aliphatic carboxylic acids is 1. The highest BCUT2D eigenvalue weighted by Crippen LogP contribution is 2.24. The Morgan fingerprint density at radius 3 is 2.65 bits per heavy atom. The summed E-state index contributed by atoms with van der Waals surface area (Å²) in [4.78, 5) is 12.4. The topological polar surface area (TPSA) is 86.7 Å². The van der Waals surface area contributed by atoms with Crippen LogP contribution in [0.15, 0.2) is 0 Å². The van der Waals surface area contributed by atoms with E-state index < -0.39 is 16.0 Å². The van der Waals surface area contributed by atoms with Gasteiger partial charge in [-0.05, 0) is 26.3 Å². The number of hydrogen-bond donors (Lipinski definition) is 2. The molecule has 0 spiro atoms. The molecule has 0 aromatic carbocycles. The number of carboxylic acid groups (broad SMARTS) is 1. The predicted octanol–water partition coefficient (Wildman–Crippen LogP) is -0.135. The predicted molar refractivity (Wildman–Crippen MR) is 64.3 cm³/mol. The smallest absolute Gasteiger partial charge is 0.303 e. The standard InChI is InChI=1S/C10H20N2O4S/c1-12(9-4-5-9)7-6-11-17(15,16)8-2-3-10(13)14/h9,11H,2-8H2,1H3,(H,13,14). The minimum Gasteiger partial charge on any atom is -0.481 e. The fourth-order valence-electron chi connectivity index (χ4n) is 1.56. The minimum absolute atomic E-state index is 0.108. The number of sulfonamides is 1.